The maximum atomic E-state index is 12.4. The van der Waals surface area contributed by atoms with Crippen molar-refractivity contribution >= 4 is 16.7 Å². The van der Waals surface area contributed by atoms with Gasteiger partial charge >= 0.3 is 0 Å². The molecule has 1 aliphatic rings. The SMILES string of the molecule is CC(C)N1CCC(Oc2ccc3cc(C(=O)NCCCN(C)C)ccc3c2)CC1. The second kappa shape index (κ2) is 10.1. The van der Waals surface area contributed by atoms with Crippen molar-refractivity contribution in [3.05, 3.63) is 42.0 Å². The highest BCUT2D eigenvalue weighted by Crippen LogP contribution is 2.25. The van der Waals surface area contributed by atoms with E-state index in [1.807, 2.05) is 38.4 Å². The summed E-state index contributed by atoms with van der Waals surface area (Å²) >= 11 is 0. The Morgan fingerprint density at radius 3 is 2.52 bits per heavy atom. The number of rotatable bonds is 8. The summed E-state index contributed by atoms with van der Waals surface area (Å²) in [7, 11) is 4.08. The van der Waals surface area contributed by atoms with Gasteiger partial charge in [-0.15, -0.1) is 0 Å². The molecule has 1 saturated heterocycles. The first-order valence-electron chi connectivity index (χ1n) is 10.8. The second-order valence-electron chi connectivity index (χ2n) is 8.58. The Labute approximate surface area is 175 Å². The Balaban J connectivity index is 1.57. The van der Waals surface area contributed by atoms with Gasteiger partial charge in [0.05, 0.1) is 0 Å². The minimum atomic E-state index is -0.0112. The lowest BCUT2D eigenvalue weighted by Crippen LogP contribution is -2.41. The Hall–Kier alpha value is -2.11. The van der Waals surface area contributed by atoms with Crippen LogP contribution in [0.3, 0.4) is 0 Å². The number of nitrogens with zero attached hydrogens (tertiary/aromatic N) is 2. The van der Waals surface area contributed by atoms with Crippen LogP contribution in [0.25, 0.3) is 10.8 Å². The molecule has 1 amide bonds. The minimum absolute atomic E-state index is 0.0112. The van der Waals surface area contributed by atoms with Crippen molar-refractivity contribution in [3.8, 4) is 5.75 Å². The third kappa shape index (κ3) is 6.18. The van der Waals surface area contributed by atoms with Gasteiger partial charge in [0.15, 0.2) is 0 Å². The molecule has 2 aromatic rings. The highest BCUT2D eigenvalue weighted by atomic mass is 16.5. The van der Waals surface area contributed by atoms with Crippen LogP contribution in [0.1, 0.15) is 43.5 Å². The molecular weight excluding hydrogens is 362 g/mol. The summed E-state index contributed by atoms with van der Waals surface area (Å²) in [6.07, 6.45) is 3.38. The van der Waals surface area contributed by atoms with Gasteiger partial charge < -0.3 is 19.9 Å². The van der Waals surface area contributed by atoms with Gasteiger partial charge in [0.25, 0.3) is 5.91 Å². The predicted octanol–water partition coefficient (Wildman–Crippen LogP) is 3.77. The van der Waals surface area contributed by atoms with E-state index in [1.165, 1.54) is 0 Å². The number of amides is 1. The molecule has 0 aromatic heterocycles. The normalized spacial score (nSPS) is 15.9. The van der Waals surface area contributed by atoms with Gasteiger partial charge in [-0.2, -0.15) is 0 Å². The van der Waals surface area contributed by atoms with E-state index in [-0.39, 0.29) is 12.0 Å². The first kappa shape index (κ1) is 21.6. The van der Waals surface area contributed by atoms with Crippen molar-refractivity contribution in [1.29, 1.82) is 0 Å². The van der Waals surface area contributed by atoms with Gasteiger partial charge in [-0.1, -0.05) is 12.1 Å². The number of fused-ring (bicyclic) bond motifs is 1. The topological polar surface area (TPSA) is 44.8 Å². The minimum Gasteiger partial charge on any atom is -0.490 e. The molecular formula is C24H35N3O2. The fraction of sp³-hybridized carbons (Fsp3) is 0.542. The van der Waals surface area contributed by atoms with Crippen molar-refractivity contribution < 1.29 is 9.53 Å². The summed E-state index contributed by atoms with van der Waals surface area (Å²) in [4.78, 5) is 17.0. The largest absolute Gasteiger partial charge is 0.490 e. The highest BCUT2D eigenvalue weighted by Gasteiger charge is 2.22. The lowest BCUT2D eigenvalue weighted by molar-refractivity contribution is 0.0844. The number of nitrogens with one attached hydrogen (secondary N) is 1. The Kier molecular flexibility index (Phi) is 7.51. The highest BCUT2D eigenvalue weighted by molar-refractivity contribution is 5.98. The lowest BCUT2D eigenvalue weighted by Gasteiger charge is -2.34. The van der Waals surface area contributed by atoms with Gasteiger partial charge in [0.1, 0.15) is 11.9 Å². The number of benzene rings is 2. The van der Waals surface area contributed by atoms with Gasteiger partial charge in [-0.3, -0.25) is 4.79 Å². The number of carbonyl (C=O) groups is 1. The summed E-state index contributed by atoms with van der Waals surface area (Å²) in [6.45, 7) is 8.37. The molecule has 1 fully saturated rings. The van der Waals surface area contributed by atoms with E-state index < -0.39 is 0 Å². The lowest BCUT2D eigenvalue weighted by atomic mass is 10.0. The van der Waals surface area contributed by atoms with Crippen molar-refractivity contribution in [2.45, 2.75) is 45.3 Å². The van der Waals surface area contributed by atoms with Crippen LogP contribution in [0, 0.1) is 0 Å². The quantitative estimate of drug-likeness (QED) is 0.689. The van der Waals surface area contributed by atoms with E-state index in [2.05, 4.69) is 41.1 Å². The molecule has 2 aromatic carbocycles. The summed E-state index contributed by atoms with van der Waals surface area (Å²) in [5.74, 6) is 0.907. The average molecular weight is 398 g/mol. The molecule has 1 aliphatic heterocycles. The fourth-order valence-electron chi connectivity index (χ4n) is 3.84. The molecule has 0 bridgehead atoms. The second-order valence-corrected chi connectivity index (χ2v) is 8.58. The van der Waals surface area contributed by atoms with Crippen molar-refractivity contribution in [3.63, 3.8) is 0 Å². The zero-order valence-electron chi connectivity index (χ0n) is 18.3. The zero-order valence-corrected chi connectivity index (χ0v) is 18.3. The third-order valence-electron chi connectivity index (χ3n) is 5.65. The molecule has 1 N–H and O–H groups in total. The number of ether oxygens (including phenoxy) is 1. The van der Waals surface area contributed by atoms with Crippen LogP contribution < -0.4 is 10.1 Å². The first-order chi connectivity index (χ1) is 13.9. The maximum absolute atomic E-state index is 12.4. The van der Waals surface area contributed by atoms with Crippen LogP contribution >= 0.6 is 0 Å². The average Bonchev–Trinajstić information content (AvgIpc) is 2.71. The van der Waals surface area contributed by atoms with E-state index in [0.717, 1.165) is 55.4 Å². The van der Waals surface area contributed by atoms with Crippen LogP contribution in [0.15, 0.2) is 36.4 Å². The maximum Gasteiger partial charge on any atom is 0.251 e. The molecule has 3 rings (SSSR count). The molecule has 0 aliphatic carbocycles. The molecule has 0 radical (unpaired) electrons. The van der Waals surface area contributed by atoms with Gasteiger partial charge in [-0.05, 0) is 88.8 Å². The smallest absolute Gasteiger partial charge is 0.251 e. The van der Waals surface area contributed by atoms with Gasteiger partial charge in [0, 0.05) is 31.2 Å². The van der Waals surface area contributed by atoms with Crippen molar-refractivity contribution in [2.24, 2.45) is 0 Å². The Morgan fingerprint density at radius 1 is 1.14 bits per heavy atom. The number of hydrogen-bond acceptors (Lipinski definition) is 4. The molecule has 29 heavy (non-hydrogen) atoms. The third-order valence-corrected chi connectivity index (χ3v) is 5.65. The number of hydrogen-bond donors (Lipinski definition) is 1. The van der Waals surface area contributed by atoms with E-state index in [0.29, 0.717) is 18.2 Å². The standard InChI is InChI=1S/C24H35N3O2/c1-18(2)27-14-10-22(11-15-27)29-23-9-8-19-16-21(7-6-20(19)17-23)24(28)25-12-5-13-26(3)4/h6-9,16-18,22H,5,10-15H2,1-4H3,(H,25,28). The van der Waals surface area contributed by atoms with E-state index in [9.17, 15) is 4.79 Å². The molecule has 1 heterocycles. The molecule has 5 nitrogen and oxygen atoms in total. The Morgan fingerprint density at radius 2 is 1.83 bits per heavy atom. The summed E-state index contributed by atoms with van der Waals surface area (Å²) in [6, 6.07) is 12.6. The Bertz CT molecular complexity index is 811. The van der Waals surface area contributed by atoms with Gasteiger partial charge in [0.2, 0.25) is 0 Å². The fourth-order valence-corrected chi connectivity index (χ4v) is 3.84. The van der Waals surface area contributed by atoms with E-state index in [1.54, 1.807) is 0 Å². The molecule has 0 spiro atoms. The number of carbonyl (C=O) groups excluding carboxylic acids is 1. The van der Waals surface area contributed by atoms with Crippen molar-refractivity contribution in [1.82, 2.24) is 15.1 Å². The predicted molar refractivity (Wildman–Crippen MR) is 120 cm³/mol. The van der Waals surface area contributed by atoms with Gasteiger partial charge in [-0.25, -0.2) is 0 Å². The molecule has 0 atom stereocenters. The number of likely N-dealkylation sites (tertiary alicyclic amines) is 1. The monoisotopic (exact) mass is 397 g/mol. The van der Waals surface area contributed by atoms with E-state index >= 15 is 0 Å². The zero-order chi connectivity index (χ0) is 20.8. The van der Waals surface area contributed by atoms with Crippen LogP contribution in [-0.4, -0.2) is 68.1 Å². The molecule has 0 saturated carbocycles. The van der Waals surface area contributed by atoms with Crippen LogP contribution in [-0.2, 0) is 0 Å². The van der Waals surface area contributed by atoms with E-state index in [4.69, 9.17) is 4.74 Å². The summed E-state index contributed by atoms with van der Waals surface area (Å²) in [5.41, 5.74) is 0.706. The van der Waals surface area contributed by atoms with Crippen LogP contribution in [0.2, 0.25) is 0 Å². The number of piperidine rings is 1. The van der Waals surface area contributed by atoms with Crippen LogP contribution in [0.5, 0.6) is 5.75 Å². The first-order valence-corrected chi connectivity index (χ1v) is 10.8. The molecule has 5 heteroatoms. The van der Waals surface area contributed by atoms with Crippen molar-refractivity contribution in [2.75, 3.05) is 40.3 Å². The molecule has 158 valence electrons. The van der Waals surface area contributed by atoms with Crippen LogP contribution in [0.4, 0.5) is 0 Å². The summed E-state index contributed by atoms with van der Waals surface area (Å²) < 4.78 is 6.24. The summed E-state index contributed by atoms with van der Waals surface area (Å²) in [5, 5.41) is 5.17. The molecule has 0 unspecified atom stereocenters.